The van der Waals surface area contributed by atoms with Crippen LogP contribution in [0.5, 0.6) is 0 Å². The number of hydrogen-bond donors (Lipinski definition) is 1. The first-order chi connectivity index (χ1) is 7.41. The standard InChI is InChI=1S/C12H21NO3/c1-11(2,3)16-10(14)13-9-8-12(9)4-6-15-7-5-12/h9H,4-8H2,1-3H3,(H,13,14). The summed E-state index contributed by atoms with van der Waals surface area (Å²) in [4.78, 5) is 11.6. The number of carbonyl (C=O) groups is 1. The molecule has 1 atom stereocenters. The highest BCUT2D eigenvalue weighted by atomic mass is 16.6. The maximum atomic E-state index is 11.6. The van der Waals surface area contributed by atoms with Gasteiger partial charge in [-0.25, -0.2) is 4.79 Å². The summed E-state index contributed by atoms with van der Waals surface area (Å²) in [6, 6.07) is 0.297. The Morgan fingerprint density at radius 3 is 2.56 bits per heavy atom. The van der Waals surface area contributed by atoms with E-state index in [1.54, 1.807) is 0 Å². The largest absolute Gasteiger partial charge is 0.444 e. The number of alkyl carbamates (subject to hydrolysis) is 1. The molecule has 0 aromatic rings. The maximum Gasteiger partial charge on any atom is 0.407 e. The number of nitrogens with one attached hydrogen (secondary N) is 1. The lowest BCUT2D eigenvalue weighted by atomic mass is 9.96. The van der Waals surface area contributed by atoms with Gasteiger partial charge in [0.15, 0.2) is 0 Å². The van der Waals surface area contributed by atoms with Gasteiger partial charge in [-0.05, 0) is 45.4 Å². The Morgan fingerprint density at radius 1 is 1.38 bits per heavy atom. The molecule has 1 saturated carbocycles. The fourth-order valence-electron chi connectivity index (χ4n) is 2.33. The molecule has 1 spiro atoms. The van der Waals surface area contributed by atoms with Crippen molar-refractivity contribution >= 4 is 6.09 Å². The summed E-state index contributed by atoms with van der Waals surface area (Å²) in [5, 5.41) is 2.95. The SMILES string of the molecule is CC(C)(C)OC(=O)NC1CC12CCOCC2. The van der Waals surface area contributed by atoms with Crippen molar-refractivity contribution in [2.45, 2.75) is 51.7 Å². The molecule has 4 heteroatoms. The van der Waals surface area contributed by atoms with Crippen LogP contribution in [-0.2, 0) is 9.47 Å². The average molecular weight is 227 g/mol. The molecule has 2 fully saturated rings. The molecular formula is C12H21NO3. The van der Waals surface area contributed by atoms with Crippen LogP contribution in [0.2, 0.25) is 0 Å². The summed E-state index contributed by atoms with van der Waals surface area (Å²) in [6.07, 6.45) is 2.91. The smallest absolute Gasteiger partial charge is 0.407 e. The van der Waals surface area contributed by atoms with Gasteiger partial charge in [-0.2, -0.15) is 0 Å². The molecule has 0 radical (unpaired) electrons. The van der Waals surface area contributed by atoms with E-state index in [0.29, 0.717) is 11.5 Å². The second kappa shape index (κ2) is 3.91. The van der Waals surface area contributed by atoms with E-state index in [9.17, 15) is 4.79 Å². The summed E-state index contributed by atoms with van der Waals surface area (Å²) in [7, 11) is 0. The van der Waals surface area contributed by atoms with E-state index in [2.05, 4.69) is 5.32 Å². The van der Waals surface area contributed by atoms with Crippen molar-refractivity contribution in [2.24, 2.45) is 5.41 Å². The fraction of sp³-hybridized carbons (Fsp3) is 0.917. The summed E-state index contributed by atoms with van der Waals surface area (Å²) in [5.74, 6) is 0. The van der Waals surface area contributed by atoms with Crippen LogP contribution in [0.1, 0.15) is 40.0 Å². The minimum Gasteiger partial charge on any atom is -0.444 e. The molecule has 1 heterocycles. The number of rotatable bonds is 1. The Hall–Kier alpha value is -0.770. The molecule has 1 N–H and O–H groups in total. The number of ether oxygens (including phenoxy) is 2. The minimum absolute atomic E-state index is 0.291. The van der Waals surface area contributed by atoms with Crippen molar-refractivity contribution in [1.82, 2.24) is 5.32 Å². The van der Waals surface area contributed by atoms with Gasteiger partial charge in [-0.3, -0.25) is 0 Å². The molecule has 0 bridgehead atoms. The molecule has 0 aromatic heterocycles. The van der Waals surface area contributed by atoms with Gasteiger partial charge in [0.1, 0.15) is 5.60 Å². The lowest BCUT2D eigenvalue weighted by Gasteiger charge is -2.24. The van der Waals surface area contributed by atoms with Gasteiger partial charge in [0.2, 0.25) is 0 Å². The van der Waals surface area contributed by atoms with Crippen LogP contribution in [0, 0.1) is 5.41 Å². The average Bonchev–Trinajstić information content (AvgIpc) is 2.75. The van der Waals surface area contributed by atoms with Crippen LogP contribution in [-0.4, -0.2) is 30.9 Å². The van der Waals surface area contributed by atoms with Crippen molar-refractivity contribution < 1.29 is 14.3 Å². The lowest BCUT2D eigenvalue weighted by molar-refractivity contribution is 0.0427. The van der Waals surface area contributed by atoms with Crippen molar-refractivity contribution in [3.05, 3.63) is 0 Å². The minimum atomic E-state index is -0.415. The van der Waals surface area contributed by atoms with Crippen molar-refractivity contribution in [3.63, 3.8) is 0 Å². The Labute approximate surface area is 96.7 Å². The zero-order valence-corrected chi connectivity index (χ0v) is 10.3. The summed E-state index contributed by atoms with van der Waals surface area (Å²) in [6.45, 7) is 7.29. The lowest BCUT2D eigenvalue weighted by Crippen LogP contribution is -2.36. The summed E-state index contributed by atoms with van der Waals surface area (Å²) < 4.78 is 10.6. The second-order valence-corrected chi connectivity index (χ2v) is 5.88. The van der Waals surface area contributed by atoms with E-state index in [1.165, 1.54) is 0 Å². The number of amides is 1. The Bertz CT molecular complexity index is 276. The molecule has 16 heavy (non-hydrogen) atoms. The summed E-state index contributed by atoms with van der Waals surface area (Å²) >= 11 is 0. The molecule has 92 valence electrons. The van der Waals surface area contributed by atoms with Gasteiger partial charge in [-0.1, -0.05) is 0 Å². The summed E-state index contributed by atoms with van der Waals surface area (Å²) in [5.41, 5.74) is -0.100. The van der Waals surface area contributed by atoms with E-state index in [0.717, 1.165) is 32.5 Å². The normalized spacial score (nSPS) is 27.6. The third-order valence-electron chi connectivity index (χ3n) is 3.37. The first kappa shape index (κ1) is 11.7. The predicted molar refractivity (Wildman–Crippen MR) is 60.3 cm³/mol. The highest BCUT2D eigenvalue weighted by Crippen LogP contribution is 2.53. The van der Waals surface area contributed by atoms with Gasteiger partial charge in [-0.15, -0.1) is 0 Å². The molecule has 2 aliphatic rings. The second-order valence-electron chi connectivity index (χ2n) is 5.88. The van der Waals surface area contributed by atoms with Crippen LogP contribution < -0.4 is 5.32 Å². The highest BCUT2D eigenvalue weighted by Gasteiger charge is 2.55. The van der Waals surface area contributed by atoms with Crippen molar-refractivity contribution in [1.29, 1.82) is 0 Å². The zero-order chi connectivity index (χ0) is 11.8. The Balaban J connectivity index is 1.78. The first-order valence-electron chi connectivity index (χ1n) is 5.99. The first-order valence-corrected chi connectivity index (χ1v) is 5.99. The molecule has 4 nitrogen and oxygen atoms in total. The van der Waals surface area contributed by atoms with Crippen LogP contribution in [0.15, 0.2) is 0 Å². The molecule has 1 aliphatic carbocycles. The molecule has 2 rings (SSSR count). The number of carbonyl (C=O) groups excluding carboxylic acids is 1. The van der Waals surface area contributed by atoms with E-state index >= 15 is 0 Å². The Morgan fingerprint density at radius 2 is 2.00 bits per heavy atom. The van der Waals surface area contributed by atoms with E-state index in [-0.39, 0.29) is 6.09 Å². The number of hydrogen-bond acceptors (Lipinski definition) is 3. The maximum absolute atomic E-state index is 11.6. The van der Waals surface area contributed by atoms with Crippen LogP contribution in [0.4, 0.5) is 4.79 Å². The van der Waals surface area contributed by atoms with Crippen LogP contribution in [0.25, 0.3) is 0 Å². The van der Waals surface area contributed by atoms with Crippen LogP contribution >= 0.6 is 0 Å². The van der Waals surface area contributed by atoms with Gasteiger partial charge < -0.3 is 14.8 Å². The van der Waals surface area contributed by atoms with Crippen molar-refractivity contribution in [2.75, 3.05) is 13.2 Å². The molecule has 1 amide bonds. The fourth-order valence-corrected chi connectivity index (χ4v) is 2.33. The van der Waals surface area contributed by atoms with Gasteiger partial charge in [0.25, 0.3) is 0 Å². The molecule has 1 aliphatic heterocycles. The topological polar surface area (TPSA) is 47.6 Å². The van der Waals surface area contributed by atoms with E-state index < -0.39 is 5.60 Å². The molecular weight excluding hydrogens is 206 g/mol. The van der Waals surface area contributed by atoms with E-state index in [1.807, 2.05) is 20.8 Å². The van der Waals surface area contributed by atoms with Gasteiger partial charge in [0.05, 0.1) is 0 Å². The van der Waals surface area contributed by atoms with Gasteiger partial charge in [0, 0.05) is 19.3 Å². The molecule has 1 saturated heterocycles. The van der Waals surface area contributed by atoms with E-state index in [4.69, 9.17) is 9.47 Å². The van der Waals surface area contributed by atoms with Crippen LogP contribution in [0.3, 0.4) is 0 Å². The highest BCUT2D eigenvalue weighted by molar-refractivity contribution is 5.68. The van der Waals surface area contributed by atoms with Crippen molar-refractivity contribution in [3.8, 4) is 0 Å². The molecule has 0 aromatic carbocycles. The van der Waals surface area contributed by atoms with Gasteiger partial charge >= 0.3 is 6.09 Å². The third kappa shape index (κ3) is 2.67. The monoisotopic (exact) mass is 227 g/mol. The quantitative estimate of drug-likeness (QED) is 0.746. The zero-order valence-electron chi connectivity index (χ0n) is 10.3. The third-order valence-corrected chi connectivity index (χ3v) is 3.37. The molecule has 1 unspecified atom stereocenters. The predicted octanol–water partition coefficient (Wildman–Crippen LogP) is 2.08. The Kier molecular flexibility index (Phi) is 2.86.